The van der Waals surface area contributed by atoms with Crippen LogP contribution in [-0.2, 0) is 22.4 Å². The van der Waals surface area contributed by atoms with Crippen molar-refractivity contribution in [3.8, 4) is 11.1 Å². The normalized spacial score (nSPS) is 15.2. The standard InChI is InChI=1S/C25H27ClFNO2S/c1-13-20(23(14(2)29)30-25(3,4)5)21(16-11-10-15(26)12-18(16)27)22-17-8-6-7-9-19(17)31-24(22)28-13/h10-12,23H,6-9H2,1-5H3. The summed E-state index contributed by atoms with van der Waals surface area (Å²) in [5, 5.41) is 1.30. The highest BCUT2D eigenvalue weighted by Crippen LogP contribution is 2.46. The molecule has 1 aliphatic carbocycles. The molecule has 1 atom stereocenters. The highest BCUT2D eigenvalue weighted by Gasteiger charge is 2.33. The van der Waals surface area contributed by atoms with Gasteiger partial charge in [-0.25, -0.2) is 9.37 Å². The van der Waals surface area contributed by atoms with Crippen LogP contribution in [0.3, 0.4) is 0 Å². The Hall–Kier alpha value is -1.82. The van der Waals surface area contributed by atoms with Gasteiger partial charge in [-0.3, -0.25) is 4.79 Å². The molecule has 0 saturated heterocycles. The number of pyridine rings is 1. The summed E-state index contributed by atoms with van der Waals surface area (Å²) >= 11 is 7.75. The third-order valence-corrected chi connectivity index (χ3v) is 7.06. The van der Waals surface area contributed by atoms with E-state index in [1.165, 1.54) is 23.4 Å². The molecule has 0 saturated carbocycles. The molecule has 0 aliphatic heterocycles. The van der Waals surface area contributed by atoms with Crippen LogP contribution < -0.4 is 0 Å². The van der Waals surface area contributed by atoms with E-state index in [-0.39, 0.29) is 5.78 Å². The summed E-state index contributed by atoms with van der Waals surface area (Å²) in [4.78, 5) is 19.9. The topological polar surface area (TPSA) is 39.2 Å². The Morgan fingerprint density at radius 2 is 1.97 bits per heavy atom. The number of thiophene rings is 1. The Balaban J connectivity index is 2.12. The number of aryl methyl sites for hydroxylation is 3. The molecule has 0 radical (unpaired) electrons. The van der Waals surface area contributed by atoms with Crippen LogP contribution in [0.1, 0.15) is 68.3 Å². The van der Waals surface area contributed by atoms with Crippen molar-refractivity contribution < 1.29 is 13.9 Å². The fraction of sp³-hybridized carbons (Fsp3) is 0.440. The van der Waals surface area contributed by atoms with Crippen molar-refractivity contribution in [3.63, 3.8) is 0 Å². The Morgan fingerprint density at radius 1 is 1.26 bits per heavy atom. The van der Waals surface area contributed by atoms with Gasteiger partial charge in [-0.2, -0.15) is 0 Å². The molecule has 0 bridgehead atoms. The molecular formula is C25H27ClFNO2S. The van der Waals surface area contributed by atoms with E-state index in [9.17, 15) is 4.79 Å². The van der Waals surface area contributed by atoms with E-state index in [1.807, 2.05) is 27.7 Å². The molecular weight excluding hydrogens is 433 g/mol. The number of benzene rings is 1. The van der Waals surface area contributed by atoms with Gasteiger partial charge in [0.05, 0.1) is 5.60 Å². The Morgan fingerprint density at radius 3 is 2.61 bits per heavy atom. The van der Waals surface area contributed by atoms with Crippen molar-refractivity contribution >= 4 is 38.9 Å². The molecule has 4 rings (SSSR count). The molecule has 0 amide bonds. The number of carbonyl (C=O) groups excluding carboxylic acids is 1. The number of carbonyl (C=O) groups is 1. The van der Waals surface area contributed by atoms with Crippen molar-refractivity contribution in [1.29, 1.82) is 0 Å². The molecule has 1 aromatic carbocycles. The van der Waals surface area contributed by atoms with Crippen LogP contribution in [0.25, 0.3) is 21.3 Å². The van der Waals surface area contributed by atoms with Crippen LogP contribution >= 0.6 is 22.9 Å². The Kier molecular flexibility index (Phi) is 5.97. The third kappa shape index (κ3) is 4.28. The second-order valence-corrected chi connectivity index (χ2v) is 10.7. The average Bonchev–Trinajstić information content (AvgIpc) is 3.02. The monoisotopic (exact) mass is 459 g/mol. The first kappa shape index (κ1) is 22.4. The molecule has 1 unspecified atom stereocenters. The van der Waals surface area contributed by atoms with Gasteiger partial charge in [-0.05, 0) is 84.1 Å². The van der Waals surface area contributed by atoms with E-state index in [1.54, 1.807) is 23.5 Å². The maximum atomic E-state index is 15.3. The minimum absolute atomic E-state index is 0.126. The maximum absolute atomic E-state index is 15.3. The first-order valence-corrected chi connectivity index (χ1v) is 11.8. The first-order chi connectivity index (χ1) is 14.6. The zero-order chi connectivity index (χ0) is 22.5. The number of halogens is 2. The van der Waals surface area contributed by atoms with E-state index in [4.69, 9.17) is 21.3 Å². The summed E-state index contributed by atoms with van der Waals surface area (Å²) < 4.78 is 21.5. The maximum Gasteiger partial charge on any atom is 0.163 e. The van der Waals surface area contributed by atoms with E-state index in [0.717, 1.165) is 41.5 Å². The van der Waals surface area contributed by atoms with Crippen LogP contribution in [0.2, 0.25) is 5.02 Å². The van der Waals surface area contributed by atoms with Crippen LogP contribution in [0.15, 0.2) is 18.2 Å². The van der Waals surface area contributed by atoms with Crippen LogP contribution in [0, 0.1) is 12.7 Å². The molecule has 31 heavy (non-hydrogen) atoms. The number of hydrogen-bond acceptors (Lipinski definition) is 4. The number of aromatic nitrogens is 1. The summed E-state index contributed by atoms with van der Waals surface area (Å²) in [7, 11) is 0. The fourth-order valence-electron chi connectivity index (χ4n) is 4.41. The van der Waals surface area contributed by atoms with Crippen molar-refractivity contribution in [2.75, 3.05) is 0 Å². The highest BCUT2D eigenvalue weighted by atomic mass is 35.5. The van der Waals surface area contributed by atoms with Gasteiger partial charge in [0.2, 0.25) is 0 Å². The van der Waals surface area contributed by atoms with Gasteiger partial charge in [0.15, 0.2) is 5.78 Å². The summed E-state index contributed by atoms with van der Waals surface area (Å²) in [6.07, 6.45) is 3.37. The molecule has 2 aromatic heterocycles. The van der Waals surface area contributed by atoms with Crippen molar-refractivity contribution in [3.05, 3.63) is 50.7 Å². The molecule has 2 heterocycles. The molecule has 1 aliphatic rings. The van der Waals surface area contributed by atoms with Crippen molar-refractivity contribution in [1.82, 2.24) is 4.98 Å². The number of ketones is 1. The summed E-state index contributed by atoms with van der Waals surface area (Å²) in [6.45, 7) is 9.15. The van der Waals surface area contributed by atoms with E-state index in [0.29, 0.717) is 21.8 Å². The number of ether oxygens (including phenoxy) is 1. The lowest BCUT2D eigenvalue weighted by atomic mass is 9.87. The lowest BCUT2D eigenvalue weighted by Gasteiger charge is -2.29. The lowest BCUT2D eigenvalue weighted by molar-refractivity contribution is -0.138. The van der Waals surface area contributed by atoms with Gasteiger partial charge in [-0.1, -0.05) is 11.6 Å². The molecule has 0 fully saturated rings. The minimum atomic E-state index is -0.832. The third-order valence-electron chi connectivity index (χ3n) is 5.63. The highest BCUT2D eigenvalue weighted by molar-refractivity contribution is 7.19. The zero-order valence-electron chi connectivity index (χ0n) is 18.6. The molecule has 6 heteroatoms. The second kappa shape index (κ2) is 8.27. The fourth-order valence-corrected chi connectivity index (χ4v) is 5.88. The Labute approximate surface area is 191 Å². The van der Waals surface area contributed by atoms with Crippen LogP contribution in [0.5, 0.6) is 0 Å². The number of nitrogens with zero attached hydrogens (tertiary/aromatic N) is 1. The van der Waals surface area contributed by atoms with Crippen LogP contribution in [0.4, 0.5) is 4.39 Å². The molecule has 0 spiro atoms. The zero-order valence-corrected chi connectivity index (χ0v) is 20.1. The summed E-state index contributed by atoms with van der Waals surface area (Å²) in [6, 6.07) is 4.72. The van der Waals surface area contributed by atoms with Gasteiger partial charge in [-0.15, -0.1) is 11.3 Å². The molecule has 3 nitrogen and oxygen atoms in total. The predicted molar refractivity (Wildman–Crippen MR) is 126 cm³/mol. The van der Waals surface area contributed by atoms with Gasteiger partial charge in [0.25, 0.3) is 0 Å². The van der Waals surface area contributed by atoms with Crippen LogP contribution in [-0.4, -0.2) is 16.4 Å². The van der Waals surface area contributed by atoms with Crippen molar-refractivity contribution in [2.24, 2.45) is 0 Å². The largest absolute Gasteiger partial charge is 0.360 e. The smallest absolute Gasteiger partial charge is 0.163 e. The number of rotatable bonds is 4. The molecule has 3 aromatic rings. The minimum Gasteiger partial charge on any atom is -0.360 e. The van der Waals surface area contributed by atoms with E-state index < -0.39 is 17.5 Å². The van der Waals surface area contributed by atoms with Gasteiger partial charge in [0.1, 0.15) is 16.8 Å². The summed E-state index contributed by atoms with van der Waals surface area (Å²) in [5.74, 6) is -0.534. The Bertz CT molecular complexity index is 1180. The average molecular weight is 460 g/mol. The van der Waals surface area contributed by atoms with E-state index >= 15 is 4.39 Å². The van der Waals surface area contributed by atoms with E-state index in [2.05, 4.69) is 0 Å². The summed E-state index contributed by atoms with van der Waals surface area (Å²) in [5.41, 5.74) is 3.19. The van der Waals surface area contributed by atoms with Gasteiger partial charge < -0.3 is 4.74 Å². The SMILES string of the molecule is CC(=O)C(OC(C)(C)C)c1c(C)nc2sc3c(c2c1-c1ccc(Cl)cc1F)CCCC3. The molecule has 164 valence electrons. The number of fused-ring (bicyclic) bond motifs is 3. The molecule has 0 N–H and O–H groups in total. The second-order valence-electron chi connectivity index (χ2n) is 9.22. The lowest BCUT2D eigenvalue weighted by Crippen LogP contribution is -2.27. The van der Waals surface area contributed by atoms with Gasteiger partial charge >= 0.3 is 0 Å². The quantitative estimate of drug-likeness (QED) is 0.408. The number of hydrogen-bond donors (Lipinski definition) is 0. The van der Waals surface area contributed by atoms with Gasteiger partial charge in [0, 0.05) is 37.7 Å². The first-order valence-electron chi connectivity index (χ1n) is 10.6. The predicted octanol–water partition coefficient (Wildman–Crippen LogP) is 7.39. The van der Waals surface area contributed by atoms with Crippen molar-refractivity contribution in [2.45, 2.75) is 72.0 Å². The number of Topliss-reactive ketones (excluding diaryl/α,β-unsaturated/α-hetero) is 1.